The summed E-state index contributed by atoms with van der Waals surface area (Å²) in [5.74, 6) is 0.781. The third-order valence-corrected chi connectivity index (χ3v) is 3.82. The molecule has 0 saturated carbocycles. The van der Waals surface area contributed by atoms with Crippen LogP contribution in [0.3, 0.4) is 0 Å². The first-order chi connectivity index (χ1) is 11.0. The number of hydrogen-bond donors (Lipinski definition) is 0. The van der Waals surface area contributed by atoms with E-state index < -0.39 is 0 Å². The zero-order valence-electron chi connectivity index (χ0n) is 13.7. The van der Waals surface area contributed by atoms with Crippen molar-refractivity contribution in [3.05, 3.63) is 66.7 Å². The number of allylic oxidation sites excluding steroid dienone is 1. The lowest BCUT2D eigenvalue weighted by Gasteiger charge is -2.17. The van der Waals surface area contributed by atoms with E-state index >= 15 is 0 Å². The number of nitrogens with zero attached hydrogens (tertiary/aromatic N) is 6. The minimum atomic E-state index is 0.712. The zero-order valence-corrected chi connectivity index (χ0v) is 13.7. The summed E-state index contributed by atoms with van der Waals surface area (Å²) in [7, 11) is 3.84. The van der Waals surface area contributed by atoms with E-state index in [1.807, 2.05) is 44.5 Å². The van der Waals surface area contributed by atoms with Crippen molar-refractivity contribution in [3.8, 4) is 0 Å². The van der Waals surface area contributed by atoms with E-state index in [1.165, 1.54) is 0 Å². The molecule has 1 aliphatic rings. The Hall–Kier alpha value is -2.89. The monoisotopic (exact) mass is 308 g/mol. The molecule has 0 atom stereocenters. The van der Waals surface area contributed by atoms with Gasteiger partial charge in [-0.2, -0.15) is 5.10 Å². The van der Waals surface area contributed by atoms with Gasteiger partial charge in [-0.25, -0.2) is 4.98 Å². The van der Waals surface area contributed by atoms with E-state index in [0.29, 0.717) is 6.54 Å². The van der Waals surface area contributed by atoms with Crippen molar-refractivity contribution >= 4 is 11.5 Å². The fraction of sp³-hybridized carbons (Fsp3) is 0.235. The Morgan fingerprint density at radius 1 is 1.22 bits per heavy atom. The molecule has 6 heteroatoms. The van der Waals surface area contributed by atoms with Crippen LogP contribution in [0.25, 0.3) is 0 Å². The van der Waals surface area contributed by atoms with Crippen LogP contribution >= 0.6 is 0 Å². The van der Waals surface area contributed by atoms with Crippen molar-refractivity contribution in [1.29, 1.82) is 0 Å². The van der Waals surface area contributed by atoms with Gasteiger partial charge in [0.05, 0.1) is 30.0 Å². The lowest BCUT2D eigenvalue weighted by Crippen LogP contribution is -2.16. The molecule has 0 amide bonds. The molecule has 2 aromatic rings. The van der Waals surface area contributed by atoms with Crippen LogP contribution in [-0.2, 0) is 7.05 Å². The summed E-state index contributed by atoms with van der Waals surface area (Å²) in [4.78, 5) is 12.7. The lowest BCUT2D eigenvalue weighted by atomic mass is 10.1. The molecule has 0 spiro atoms. The Bertz CT molecular complexity index is 784. The predicted octanol–water partition coefficient (Wildman–Crippen LogP) is 2.43. The second-order valence-electron chi connectivity index (χ2n) is 5.68. The molecule has 0 aliphatic carbocycles. The first-order valence-corrected chi connectivity index (χ1v) is 7.32. The minimum Gasteiger partial charge on any atom is -0.334 e. The van der Waals surface area contributed by atoms with Gasteiger partial charge in [-0.15, -0.1) is 0 Å². The van der Waals surface area contributed by atoms with Crippen molar-refractivity contribution in [3.63, 3.8) is 0 Å². The highest BCUT2D eigenvalue weighted by Gasteiger charge is 2.26. The first-order valence-electron chi connectivity index (χ1n) is 7.32. The molecule has 3 heterocycles. The molecule has 1 saturated heterocycles. The standard InChI is InChI=1S/C17H20N6/c1-12-9-23(15-7-20-22(5)10-15)14(3)16(12)11-21(4)17-8-18-13(2)6-19-17/h6-8,10-11H,1,3,9H2,2,4-5H3/b16-11+. The third-order valence-electron chi connectivity index (χ3n) is 3.82. The molecular weight excluding hydrogens is 288 g/mol. The summed E-state index contributed by atoms with van der Waals surface area (Å²) in [5, 5.41) is 4.22. The van der Waals surface area contributed by atoms with Crippen molar-refractivity contribution < 1.29 is 0 Å². The highest BCUT2D eigenvalue weighted by molar-refractivity contribution is 5.67. The van der Waals surface area contributed by atoms with Gasteiger partial charge in [-0.3, -0.25) is 9.67 Å². The van der Waals surface area contributed by atoms with Gasteiger partial charge < -0.3 is 9.80 Å². The molecule has 3 rings (SSSR count). The van der Waals surface area contributed by atoms with Crippen molar-refractivity contribution in [2.24, 2.45) is 7.05 Å². The summed E-state index contributed by atoms with van der Waals surface area (Å²) in [6, 6.07) is 0. The van der Waals surface area contributed by atoms with Crippen LogP contribution in [-0.4, -0.2) is 33.3 Å². The van der Waals surface area contributed by atoms with Crippen LogP contribution in [0.2, 0.25) is 0 Å². The number of aryl methyl sites for hydroxylation is 2. The quantitative estimate of drug-likeness (QED) is 0.871. The molecule has 1 aliphatic heterocycles. The Morgan fingerprint density at radius 3 is 2.61 bits per heavy atom. The van der Waals surface area contributed by atoms with Crippen LogP contribution in [0.4, 0.5) is 11.5 Å². The Morgan fingerprint density at radius 2 is 2.00 bits per heavy atom. The highest BCUT2D eigenvalue weighted by atomic mass is 15.3. The van der Waals surface area contributed by atoms with Gasteiger partial charge >= 0.3 is 0 Å². The SMILES string of the molecule is C=C1CN(c2cnn(C)c2)C(=C)/C1=C/N(C)c1cnc(C)cn1. The van der Waals surface area contributed by atoms with Crippen molar-refractivity contribution in [1.82, 2.24) is 19.7 Å². The normalized spacial score (nSPS) is 16.5. The summed E-state index contributed by atoms with van der Waals surface area (Å²) < 4.78 is 1.78. The van der Waals surface area contributed by atoms with Gasteiger partial charge in [-0.1, -0.05) is 13.2 Å². The van der Waals surface area contributed by atoms with Gasteiger partial charge in [0.15, 0.2) is 5.82 Å². The highest BCUT2D eigenvalue weighted by Crippen LogP contribution is 2.34. The summed E-state index contributed by atoms with van der Waals surface area (Å²) in [5.41, 5.74) is 4.85. The summed E-state index contributed by atoms with van der Waals surface area (Å²) in [6.07, 6.45) is 9.31. The molecule has 0 N–H and O–H groups in total. The first kappa shape index (κ1) is 15.0. The topological polar surface area (TPSA) is 50.1 Å². The minimum absolute atomic E-state index is 0.712. The van der Waals surface area contributed by atoms with Crippen molar-refractivity contribution in [2.75, 3.05) is 23.4 Å². The van der Waals surface area contributed by atoms with Crippen molar-refractivity contribution in [2.45, 2.75) is 6.92 Å². The molecule has 0 bridgehead atoms. The smallest absolute Gasteiger partial charge is 0.150 e. The van der Waals surface area contributed by atoms with E-state index in [9.17, 15) is 0 Å². The Kier molecular flexibility index (Phi) is 3.73. The number of rotatable bonds is 3. The molecule has 0 unspecified atom stereocenters. The summed E-state index contributed by atoms with van der Waals surface area (Å²) in [6.45, 7) is 11.0. The molecule has 0 radical (unpaired) electrons. The maximum atomic E-state index is 4.38. The van der Waals surface area contributed by atoms with E-state index in [2.05, 4.69) is 33.1 Å². The fourth-order valence-corrected chi connectivity index (χ4v) is 2.51. The van der Waals surface area contributed by atoms with Gasteiger partial charge in [-0.05, 0) is 12.5 Å². The maximum Gasteiger partial charge on any atom is 0.150 e. The largest absolute Gasteiger partial charge is 0.334 e. The fourth-order valence-electron chi connectivity index (χ4n) is 2.51. The van der Waals surface area contributed by atoms with Crippen LogP contribution in [0.5, 0.6) is 0 Å². The van der Waals surface area contributed by atoms with E-state index in [0.717, 1.165) is 34.0 Å². The van der Waals surface area contributed by atoms with Crippen LogP contribution in [0, 0.1) is 6.92 Å². The van der Waals surface area contributed by atoms with E-state index in [4.69, 9.17) is 0 Å². The number of aromatic nitrogens is 4. The van der Waals surface area contributed by atoms with Crippen LogP contribution in [0.15, 0.2) is 61.0 Å². The van der Waals surface area contributed by atoms with Gasteiger partial charge in [0.25, 0.3) is 0 Å². The van der Waals surface area contributed by atoms with Gasteiger partial charge in [0.1, 0.15) is 0 Å². The molecular formula is C17H20N6. The van der Waals surface area contributed by atoms with Gasteiger partial charge in [0, 0.05) is 44.3 Å². The molecule has 0 aromatic carbocycles. The average molecular weight is 308 g/mol. The second-order valence-corrected chi connectivity index (χ2v) is 5.68. The van der Waals surface area contributed by atoms with E-state index in [1.54, 1.807) is 17.1 Å². The zero-order chi connectivity index (χ0) is 16.6. The summed E-state index contributed by atoms with van der Waals surface area (Å²) >= 11 is 0. The molecule has 6 nitrogen and oxygen atoms in total. The molecule has 23 heavy (non-hydrogen) atoms. The van der Waals surface area contributed by atoms with Gasteiger partial charge in [0.2, 0.25) is 0 Å². The predicted molar refractivity (Wildman–Crippen MR) is 92.1 cm³/mol. The Labute approximate surface area is 136 Å². The average Bonchev–Trinajstić information content (AvgIpc) is 3.06. The Balaban J connectivity index is 1.86. The lowest BCUT2D eigenvalue weighted by molar-refractivity contribution is 0.767. The molecule has 1 fully saturated rings. The maximum absolute atomic E-state index is 4.38. The van der Waals surface area contributed by atoms with Crippen LogP contribution < -0.4 is 9.80 Å². The number of hydrogen-bond acceptors (Lipinski definition) is 5. The second kappa shape index (κ2) is 5.72. The molecule has 2 aromatic heterocycles. The van der Waals surface area contributed by atoms with Crippen LogP contribution in [0.1, 0.15) is 5.69 Å². The number of anilines is 2. The third kappa shape index (κ3) is 2.88. The van der Waals surface area contributed by atoms with E-state index in [-0.39, 0.29) is 0 Å². The molecule has 118 valence electrons.